The van der Waals surface area contributed by atoms with Crippen LogP contribution in [-0.4, -0.2) is 26.5 Å². The summed E-state index contributed by atoms with van der Waals surface area (Å²) in [6, 6.07) is 6.91. The smallest absolute Gasteiger partial charge is 0.390 e. The first-order valence-electron chi connectivity index (χ1n) is 7.53. The molecule has 0 heterocycles. The largest absolute Gasteiger partial charge is 0.490 e. The minimum absolute atomic E-state index is 0.0378. The lowest BCUT2D eigenvalue weighted by molar-refractivity contribution is -0.129. The normalized spacial score (nSPS) is 16.7. The van der Waals surface area contributed by atoms with Crippen LogP contribution in [0.15, 0.2) is 24.3 Å². The molecular weight excluding hydrogens is 331 g/mol. The van der Waals surface area contributed by atoms with Crippen LogP contribution in [0.2, 0.25) is 0 Å². The van der Waals surface area contributed by atoms with Gasteiger partial charge in [-0.25, -0.2) is 13.1 Å². The van der Waals surface area contributed by atoms with Crippen LogP contribution in [0.5, 0.6) is 5.75 Å². The van der Waals surface area contributed by atoms with Crippen LogP contribution in [0.1, 0.15) is 37.7 Å². The minimum atomic E-state index is -4.48. The lowest BCUT2D eigenvalue weighted by Crippen LogP contribution is -2.28. The van der Waals surface area contributed by atoms with Gasteiger partial charge in [0.15, 0.2) is 0 Å². The molecule has 1 fully saturated rings. The van der Waals surface area contributed by atoms with Crippen LogP contribution in [0, 0.1) is 0 Å². The van der Waals surface area contributed by atoms with E-state index >= 15 is 0 Å². The zero-order chi connectivity index (χ0) is 16.9. The van der Waals surface area contributed by atoms with Gasteiger partial charge in [-0.05, 0) is 43.4 Å². The Labute approximate surface area is 134 Å². The quantitative estimate of drug-likeness (QED) is 0.819. The van der Waals surface area contributed by atoms with Crippen molar-refractivity contribution in [2.75, 3.05) is 5.75 Å². The first-order chi connectivity index (χ1) is 10.7. The molecule has 1 aromatic carbocycles. The van der Waals surface area contributed by atoms with E-state index in [0.29, 0.717) is 5.56 Å². The van der Waals surface area contributed by atoms with Crippen molar-refractivity contribution in [3.63, 3.8) is 0 Å². The molecule has 130 valence electrons. The van der Waals surface area contributed by atoms with Gasteiger partial charge in [-0.15, -0.1) is 0 Å². The summed E-state index contributed by atoms with van der Waals surface area (Å²) in [4.78, 5) is 0. The number of ether oxygens (including phenoxy) is 1. The number of halogens is 3. The number of hydrogen-bond acceptors (Lipinski definition) is 3. The van der Waals surface area contributed by atoms with Gasteiger partial charge in [0, 0.05) is 6.54 Å². The zero-order valence-electron chi connectivity index (χ0n) is 12.6. The first kappa shape index (κ1) is 18.1. The van der Waals surface area contributed by atoms with E-state index in [9.17, 15) is 21.6 Å². The van der Waals surface area contributed by atoms with Gasteiger partial charge in [-0.2, -0.15) is 13.2 Å². The lowest BCUT2D eigenvalue weighted by atomic mass is 10.2. The van der Waals surface area contributed by atoms with Crippen molar-refractivity contribution in [2.24, 2.45) is 0 Å². The third kappa shape index (κ3) is 6.78. The molecule has 1 saturated carbocycles. The van der Waals surface area contributed by atoms with Crippen LogP contribution in [0.3, 0.4) is 0 Å². The molecule has 23 heavy (non-hydrogen) atoms. The molecular formula is C15H20F3NO3S. The summed E-state index contributed by atoms with van der Waals surface area (Å²) in [6.45, 7) is -0.0378. The maximum atomic E-state index is 12.1. The van der Waals surface area contributed by atoms with Crippen molar-refractivity contribution in [1.82, 2.24) is 4.72 Å². The average molecular weight is 351 g/mol. The molecule has 1 aromatic rings. The number of sulfonamides is 1. The molecule has 0 bridgehead atoms. The highest BCUT2D eigenvalue weighted by atomic mass is 32.2. The van der Waals surface area contributed by atoms with Crippen molar-refractivity contribution in [1.29, 1.82) is 0 Å². The Morgan fingerprint density at radius 2 is 1.74 bits per heavy atom. The van der Waals surface area contributed by atoms with Gasteiger partial charge in [0.25, 0.3) is 0 Å². The topological polar surface area (TPSA) is 55.4 Å². The van der Waals surface area contributed by atoms with Gasteiger partial charge < -0.3 is 4.74 Å². The Morgan fingerprint density at radius 3 is 2.30 bits per heavy atom. The molecule has 0 unspecified atom stereocenters. The van der Waals surface area contributed by atoms with E-state index in [-0.39, 0.29) is 12.6 Å². The fourth-order valence-electron chi connectivity index (χ4n) is 2.40. The Balaban J connectivity index is 1.81. The summed E-state index contributed by atoms with van der Waals surface area (Å²) in [5.74, 6) is -0.236. The third-order valence-corrected chi connectivity index (χ3v) is 5.00. The highest BCUT2D eigenvalue weighted by Gasteiger charge is 2.29. The Bertz CT molecular complexity index is 593. The van der Waals surface area contributed by atoms with Crippen LogP contribution in [0.4, 0.5) is 13.2 Å². The Kier molecular flexibility index (Phi) is 5.91. The minimum Gasteiger partial charge on any atom is -0.490 e. The molecule has 1 aliphatic carbocycles. The van der Waals surface area contributed by atoms with Crippen molar-refractivity contribution in [2.45, 2.75) is 50.9 Å². The number of alkyl halides is 3. The molecule has 0 aromatic heterocycles. The molecule has 0 saturated heterocycles. The highest BCUT2D eigenvalue weighted by Crippen LogP contribution is 2.24. The number of rotatable bonds is 7. The van der Waals surface area contributed by atoms with Gasteiger partial charge in [0.05, 0.1) is 18.3 Å². The van der Waals surface area contributed by atoms with E-state index in [1.165, 1.54) is 12.8 Å². The molecule has 1 N–H and O–H groups in total. The summed E-state index contributed by atoms with van der Waals surface area (Å²) in [7, 11) is -3.94. The van der Waals surface area contributed by atoms with Crippen molar-refractivity contribution >= 4 is 10.0 Å². The average Bonchev–Trinajstić information content (AvgIpc) is 2.97. The fourth-order valence-corrected chi connectivity index (χ4v) is 3.43. The van der Waals surface area contributed by atoms with E-state index < -0.39 is 28.4 Å². The van der Waals surface area contributed by atoms with E-state index in [1.807, 2.05) is 0 Å². The van der Waals surface area contributed by atoms with Gasteiger partial charge in [0.1, 0.15) is 5.75 Å². The van der Waals surface area contributed by atoms with Gasteiger partial charge >= 0.3 is 6.18 Å². The second-order valence-electron chi connectivity index (χ2n) is 5.67. The predicted molar refractivity (Wildman–Crippen MR) is 80.6 cm³/mol. The summed E-state index contributed by atoms with van der Waals surface area (Å²) in [6.07, 6.45) is -1.17. The molecule has 2 rings (SSSR count). The monoisotopic (exact) mass is 351 g/mol. The molecule has 4 nitrogen and oxygen atoms in total. The van der Waals surface area contributed by atoms with Crippen molar-refractivity contribution in [3.8, 4) is 5.75 Å². The van der Waals surface area contributed by atoms with Crippen LogP contribution in [0.25, 0.3) is 0 Å². The van der Waals surface area contributed by atoms with Gasteiger partial charge in [0.2, 0.25) is 10.0 Å². The molecule has 0 atom stereocenters. The maximum Gasteiger partial charge on any atom is 0.390 e. The number of benzene rings is 1. The molecule has 1 aliphatic rings. The van der Waals surface area contributed by atoms with Crippen LogP contribution >= 0.6 is 0 Å². The fraction of sp³-hybridized carbons (Fsp3) is 0.600. The highest BCUT2D eigenvalue weighted by molar-refractivity contribution is 7.89. The second-order valence-corrected chi connectivity index (χ2v) is 7.60. The second kappa shape index (κ2) is 7.53. The molecule has 0 amide bonds. The number of hydrogen-bond donors (Lipinski definition) is 1. The van der Waals surface area contributed by atoms with E-state index in [2.05, 4.69) is 4.72 Å². The maximum absolute atomic E-state index is 12.1. The van der Waals surface area contributed by atoms with E-state index in [1.54, 1.807) is 24.3 Å². The van der Waals surface area contributed by atoms with Crippen molar-refractivity contribution in [3.05, 3.63) is 29.8 Å². The van der Waals surface area contributed by atoms with Gasteiger partial charge in [-0.1, -0.05) is 12.1 Å². The summed E-state index contributed by atoms with van der Waals surface area (Å²) >= 11 is 0. The summed E-state index contributed by atoms with van der Waals surface area (Å²) < 4.78 is 67.1. The van der Waals surface area contributed by atoms with E-state index in [4.69, 9.17) is 4.74 Å². The molecule has 8 heteroatoms. The summed E-state index contributed by atoms with van der Waals surface area (Å²) in [5.41, 5.74) is 0.666. The van der Waals surface area contributed by atoms with Gasteiger partial charge in [-0.3, -0.25) is 0 Å². The predicted octanol–water partition coefficient (Wildman–Crippen LogP) is 3.38. The third-order valence-electron chi connectivity index (χ3n) is 3.68. The summed E-state index contributed by atoms with van der Waals surface area (Å²) in [5, 5.41) is 0. The Morgan fingerprint density at radius 1 is 1.13 bits per heavy atom. The van der Waals surface area contributed by atoms with Crippen LogP contribution in [-0.2, 0) is 16.6 Å². The number of nitrogens with one attached hydrogen (secondary N) is 1. The van der Waals surface area contributed by atoms with E-state index in [0.717, 1.165) is 18.6 Å². The standard InChI is InChI=1S/C15H20F3NO3S/c16-15(17,18)9-10-23(20,21)19-11-12-5-7-14(8-6-12)22-13-3-1-2-4-13/h5-8,13,19H,1-4,9-11H2. The molecule has 0 spiro atoms. The molecule has 0 aliphatic heterocycles. The lowest BCUT2D eigenvalue weighted by Gasteiger charge is -2.13. The first-order valence-corrected chi connectivity index (χ1v) is 9.18. The SMILES string of the molecule is O=S(=O)(CCC(F)(F)F)NCc1ccc(OC2CCCC2)cc1. The Hall–Kier alpha value is -1.28. The molecule has 0 radical (unpaired) electrons. The zero-order valence-corrected chi connectivity index (χ0v) is 13.4. The van der Waals surface area contributed by atoms with Crippen LogP contribution < -0.4 is 9.46 Å². The van der Waals surface area contributed by atoms with Crippen molar-refractivity contribution < 1.29 is 26.3 Å².